The first-order valence-corrected chi connectivity index (χ1v) is 7.69. The number of hydrogen-bond acceptors (Lipinski definition) is 2. The Balaban J connectivity index is 2.14. The molecule has 0 aromatic heterocycles. The van der Waals surface area contributed by atoms with Gasteiger partial charge in [-0.3, -0.25) is 4.90 Å². The van der Waals surface area contributed by atoms with Crippen LogP contribution in [0.1, 0.15) is 52.4 Å². The zero-order valence-corrected chi connectivity index (χ0v) is 12.3. The van der Waals surface area contributed by atoms with E-state index in [2.05, 4.69) is 30.0 Å². The molecule has 1 saturated heterocycles. The molecule has 104 valence electrons. The molecule has 1 aliphatic rings. The van der Waals surface area contributed by atoms with Gasteiger partial charge in [0.15, 0.2) is 0 Å². The van der Waals surface area contributed by atoms with Gasteiger partial charge in [0.1, 0.15) is 0 Å². The van der Waals surface area contributed by atoms with Crippen LogP contribution in [0.2, 0.25) is 0 Å². The molecular weight excluding hydrogens is 220 g/mol. The van der Waals surface area contributed by atoms with Gasteiger partial charge >= 0.3 is 0 Å². The van der Waals surface area contributed by atoms with Crippen LogP contribution >= 0.6 is 0 Å². The van der Waals surface area contributed by atoms with E-state index in [1.54, 1.807) is 0 Å². The maximum atomic E-state index is 5.35. The first kappa shape index (κ1) is 15.5. The van der Waals surface area contributed by atoms with Crippen molar-refractivity contribution in [3.8, 4) is 12.3 Å². The fraction of sp³-hybridized carbons (Fsp3) is 0.875. The monoisotopic (exact) mass is 250 g/mol. The summed E-state index contributed by atoms with van der Waals surface area (Å²) in [6.07, 6.45) is 13.3. The minimum atomic E-state index is 0.717. The molecule has 0 saturated carbocycles. The zero-order valence-electron chi connectivity index (χ0n) is 12.3. The number of hydrogen-bond donors (Lipinski definition) is 1. The van der Waals surface area contributed by atoms with Crippen molar-refractivity contribution in [2.75, 3.05) is 26.2 Å². The molecule has 0 spiro atoms. The predicted molar refractivity (Wildman–Crippen MR) is 79.6 cm³/mol. The van der Waals surface area contributed by atoms with Crippen molar-refractivity contribution in [2.24, 2.45) is 5.92 Å². The van der Waals surface area contributed by atoms with Crippen molar-refractivity contribution in [1.29, 1.82) is 0 Å². The van der Waals surface area contributed by atoms with E-state index >= 15 is 0 Å². The molecule has 0 radical (unpaired) electrons. The maximum Gasteiger partial charge on any atom is 0.0598 e. The summed E-state index contributed by atoms with van der Waals surface area (Å²) in [6, 6.07) is 0.717. The fourth-order valence-electron chi connectivity index (χ4n) is 2.70. The van der Waals surface area contributed by atoms with Gasteiger partial charge in [0.2, 0.25) is 0 Å². The van der Waals surface area contributed by atoms with Crippen LogP contribution in [0.25, 0.3) is 0 Å². The Bertz CT molecular complexity index is 236. The zero-order chi connectivity index (χ0) is 13.2. The van der Waals surface area contributed by atoms with E-state index in [0.717, 1.165) is 31.6 Å². The number of unbranched alkanes of at least 4 members (excludes halogenated alkanes) is 1. The van der Waals surface area contributed by atoms with Gasteiger partial charge in [-0.2, -0.15) is 0 Å². The molecule has 1 heterocycles. The van der Waals surface area contributed by atoms with Gasteiger partial charge in [-0.25, -0.2) is 0 Å². The van der Waals surface area contributed by atoms with Crippen molar-refractivity contribution >= 4 is 0 Å². The Labute approximate surface area is 114 Å². The molecule has 0 aromatic rings. The number of nitrogens with zero attached hydrogens (tertiary/aromatic N) is 1. The van der Waals surface area contributed by atoms with Crippen LogP contribution in [0.15, 0.2) is 0 Å². The van der Waals surface area contributed by atoms with Crippen molar-refractivity contribution in [2.45, 2.75) is 58.4 Å². The van der Waals surface area contributed by atoms with E-state index in [0.29, 0.717) is 0 Å². The topological polar surface area (TPSA) is 15.3 Å². The first-order valence-electron chi connectivity index (χ1n) is 7.69. The van der Waals surface area contributed by atoms with Crippen LogP contribution in [0, 0.1) is 18.3 Å². The van der Waals surface area contributed by atoms with E-state index in [1.807, 2.05) is 0 Å². The molecule has 1 fully saturated rings. The van der Waals surface area contributed by atoms with Crippen LogP contribution < -0.4 is 5.32 Å². The Morgan fingerprint density at radius 3 is 2.61 bits per heavy atom. The van der Waals surface area contributed by atoms with E-state index in [-0.39, 0.29) is 0 Å². The number of terminal acetylenes is 1. The largest absolute Gasteiger partial charge is 0.314 e. The lowest BCUT2D eigenvalue weighted by Crippen LogP contribution is -2.43. The van der Waals surface area contributed by atoms with Gasteiger partial charge in [-0.15, -0.1) is 6.42 Å². The third-order valence-electron chi connectivity index (χ3n) is 4.14. The third kappa shape index (κ3) is 5.89. The molecule has 18 heavy (non-hydrogen) atoms. The molecule has 0 aromatic carbocycles. The van der Waals surface area contributed by atoms with Gasteiger partial charge in [0, 0.05) is 19.1 Å². The standard InChI is InChI=1S/C16H30N2/c1-4-7-8-15(6-3)14-17-16-9-12-18(11-5-2)13-10-16/h2,15-17H,4,6-14H2,1,3H3. The van der Waals surface area contributed by atoms with Crippen LogP contribution in [0.4, 0.5) is 0 Å². The number of piperidine rings is 1. The summed E-state index contributed by atoms with van der Waals surface area (Å²) >= 11 is 0. The smallest absolute Gasteiger partial charge is 0.0598 e. The van der Waals surface area contributed by atoms with E-state index in [1.165, 1.54) is 45.1 Å². The summed E-state index contributed by atoms with van der Waals surface area (Å²) in [5.74, 6) is 3.61. The lowest BCUT2D eigenvalue weighted by Gasteiger charge is -2.32. The number of nitrogens with one attached hydrogen (secondary N) is 1. The highest BCUT2D eigenvalue weighted by Gasteiger charge is 2.18. The Morgan fingerprint density at radius 1 is 1.33 bits per heavy atom. The van der Waals surface area contributed by atoms with Crippen molar-refractivity contribution < 1.29 is 0 Å². The number of likely N-dealkylation sites (tertiary alicyclic amines) is 1. The highest BCUT2D eigenvalue weighted by molar-refractivity contribution is 4.90. The van der Waals surface area contributed by atoms with Gasteiger partial charge in [-0.05, 0) is 31.7 Å². The van der Waals surface area contributed by atoms with Crippen LogP contribution in [0.5, 0.6) is 0 Å². The highest BCUT2D eigenvalue weighted by atomic mass is 15.1. The average Bonchev–Trinajstić information content (AvgIpc) is 2.41. The van der Waals surface area contributed by atoms with Crippen LogP contribution in [0.3, 0.4) is 0 Å². The normalized spacial score (nSPS) is 19.6. The molecule has 0 aliphatic carbocycles. The van der Waals surface area contributed by atoms with E-state index in [4.69, 9.17) is 6.42 Å². The third-order valence-corrected chi connectivity index (χ3v) is 4.14. The van der Waals surface area contributed by atoms with Crippen LogP contribution in [-0.4, -0.2) is 37.1 Å². The maximum absolute atomic E-state index is 5.35. The molecule has 1 rings (SSSR count). The summed E-state index contributed by atoms with van der Waals surface area (Å²) < 4.78 is 0. The Hall–Kier alpha value is -0.520. The first-order chi connectivity index (χ1) is 8.80. The molecule has 0 bridgehead atoms. The van der Waals surface area contributed by atoms with Gasteiger partial charge in [-0.1, -0.05) is 39.0 Å². The fourth-order valence-corrected chi connectivity index (χ4v) is 2.70. The molecule has 2 heteroatoms. The minimum absolute atomic E-state index is 0.717. The summed E-state index contributed by atoms with van der Waals surface area (Å²) in [5, 5.41) is 3.77. The molecule has 2 nitrogen and oxygen atoms in total. The minimum Gasteiger partial charge on any atom is -0.314 e. The van der Waals surface area contributed by atoms with Crippen molar-refractivity contribution in [3.63, 3.8) is 0 Å². The molecule has 1 aliphatic heterocycles. The lowest BCUT2D eigenvalue weighted by atomic mass is 9.98. The number of rotatable bonds is 8. The SMILES string of the molecule is C#CCN1CCC(NCC(CC)CCCC)CC1. The molecule has 0 amide bonds. The van der Waals surface area contributed by atoms with Gasteiger partial charge < -0.3 is 5.32 Å². The van der Waals surface area contributed by atoms with Crippen molar-refractivity contribution in [3.05, 3.63) is 0 Å². The quantitative estimate of drug-likeness (QED) is 0.666. The van der Waals surface area contributed by atoms with Crippen LogP contribution in [-0.2, 0) is 0 Å². The van der Waals surface area contributed by atoms with E-state index in [9.17, 15) is 0 Å². The summed E-state index contributed by atoms with van der Waals surface area (Å²) in [5.41, 5.74) is 0. The van der Waals surface area contributed by atoms with Crippen molar-refractivity contribution in [1.82, 2.24) is 10.2 Å². The summed E-state index contributed by atoms with van der Waals surface area (Å²) in [4.78, 5) is 2.38. The average molecular weight is 250 g/mol. The molecule has 1 N–H and O–H groups in total. The molecule has 1 unspecified atom stereocenters. The molecular formula is C16H30N2. The van der Waals surface area contributed by atoms with Gasteiger partial charge in [0.05, 0.1) is 6.54 Å². The summed E-state index contributed by atoms with van der Waals surface area (Å²) in [7, 11) is 0. The Morgan fingerprint density at radius 2 is 2.06 bits per heavy atom. The second kappa shape index (κ2) is 9.42. The summed E-state index contributed by atoms with van der Waals surface area (Å²) in [6.45, 7) is 8.94. The lowest BCUT2D eigenvalue weighted by molar-refractivity contribution is 0.212. The van der Waals surface area contributed by atoms with Gasteiger partial charge in [0.25, 0.3) is 0 Å². The molecule has 1 atom stereocenters. The highest BCUT2D eigenvalue weighted by Crippen LogP contribution is 2.14. The Kier molecular flexibility index (Phi) is 8.13. The second-order valence-corrected chi connectivity index (χ2v) is 5.58. The predicted octanol–water partition coefficient (Wildman–Crippen LogP) is 2.89. The van der Waals surface area contributed by atoms with E-state index < -0.39 is 0 Å². The second-order valence-electron chi connectivity index (χ2n) is 5.58.